The van der Waals surface area contributed by atoms with Crippen molar-refractivity contribution in [1.82, 2.24) is 14.9 Å². The van der Waals surface area contributed by atoms with Crippen LogP contribution < -0.4 is 5.32 Å². The van der Waals surface area contributed by atoms with Gasteiger partial charge in [0.2, 0.25) is 0 Å². The van der Waals surface area contributed by atoms with Crippen molar-refractivity contribution >= 4 is 0 Å². The normalized spacial score (nSPS) is 18.8. The smallest absolute Gasteiger partial charge is 0.108 e. The van der Waals surface area contributed by atoms with Crippen LogP contribution in [0.2, 0.25) is 0 Å². The molecule has 1 heterocycles. The second kappa shape index (κ2) is 5.85. The Morgan fingerprint density at radius 1 is 1.56 bits per heavy atom. The first kappa shape index (κ1) is 13.6. The van der Waals surface area contributed by atoms with Crippen molar-refractivity contribution < 1.29 is 5.11 Å². The van der Waals surface area contributed by atoms with Crippen molar-refractivity contribution in [2.45, 2.75) is 64.1 Å². The summed E-state index contributed by atoms with van der Waals surface area (Å²) in [6.45, 7) is 5.46. The van der Waals surface area contributed by atoms with Crippen LogP contribution in [0.3, 0.4) is 0 Å². The third-order valence-corrected chi connectivity index (χ3v) is 3.72. The maximum Gasteiger partial charge on any atom is 0.108 e. The minimum atomic E-state index is -0.117. The summed E-state index contributed by atoms with van der Waals surface area (Å²) in [6, 6.07) is 0.640. The first-order chi connectivity index (χ1) is 8.67. The van der Waals surface area contributed by atoms with E-state index in [4.69, 9.17) is 0 Å². The number of rotatable bonds is 8. The molecule has 0 radical (unpaired) electrons. The monoisotopic (exact) mass is 251 g/mol. The summed E-state index contributed by atoms with van der Waals surface area (Å²) in [5.74, 6) is 1.15. The molecule has 2 N–H and O–H groups in total. The summed E-state index contributed by atoms with van der Waals surface area (Å²) < 4.78 is 2.22. The van der Waals surface area contributed by atoms with Crippen molar-refractivity contribution in [3.05, 3.63) is 18.2 Å². The van der Waals surface area contributed by atoms with E-state index in [1.165, 1.54) is 12.8 Å². The molecule has 0 bridgehead atoms. The average molecular weight is 251 g/mol. The van der Waals surface area contributed by atoms with Crippen molar-refractivity contribution in [3.63, 3.8) is 0 Å². The molecule has 1 saturated carbocycles. The molecular formula is C14H25N3O. The Morgan fingerprint density at radius 2 is 2.33 bits per heavy atom. The largest absolute Gasteiger partial charge is 0.394 e. The molecule has 102 valence electrons. The Balaban J connectivity index is 1.79. The van der Waals surface area contributed by atoms with Crippen molar-refractivity contribution in [2.24, 2.45) is 0 Å². The molecule has 4 nitrogen and oxygen atoms in total. The van der Waals surface area contributed by atoms with Crippen LogP contribution in [0.4, 0.5) is 0 Å². The van der Waals surface area contributed by atoms with E-state index in [2.05, 4.69) is 28.7 Å². The van der Waals surface area contributed by atoms with Crippen molar-refractivity contribution in [3.8, 4) is 0 Å². The maximum absolute atomic E-state index is 9.54. The third kappa shape index (κ3) is 3.56. The molecule has 0 aliphatic heterocycles. The van der Waals surface area contributed by atoms with Gasteiger partial charge in [-0.1, -0.05) is 6.92 Å². The summed E-state index contributed by atoms with van der Waals surface area (Å²) in [6.07, 6.45) is 9.48. The summed E-state index contributed by atoms with van der Waals surface area (Å²) in [5.41, 5.74) is -0.117. The molecule has 1 aromatic rings. The molecule has 2 rings (SSSR count). The van der Waals surface area contributed by atoms with E-state index in [9.17, 15) is 5.11 Å². The minimum absolute atomic E-state index is 0.117. The molecular weight excluding hydrogens is 226 g/mol. The van der Waals surface area contributed by atoms with Gasteiger partial charge in [-0.3, -0.25) is 0 Å². The zero-order chi connectivity index (χ0) is 13.0. The zero-order valence-corrected chi connectivity index (χ0v) is 11.5. The fourth-order valence-electron chi connectivity index (χ4n) is 2.41. The second-order valence-electron chi connectivity index (χ2n) is 5.63. The second-order valence-corrected chi connectivity index (χ2v) is 5.63. The van der Waals surface area contributed by atoms with Crippen LogP contribution in [0.25, 0.3) is 0 Å². The number of aliphatic hydroxyl groups is 1. The molecule has 18 heavy (non-hydrogen) atoms. The first-order valence-corrected chi connectivity index (χ1v) is 7.05. The van der Waals surface area contributed by atoms with Gasteiger partial charge in [-0.25, -0.2) is 4.98 Å². The Bertz CT molecular complexity index is 373. The van der Waals surface area contributed by atoms with E-state index in [0.29, 0.717) is 6.04 Å². The SMILES string of the molecule is CCc1nccn1CCCC(C)(CO)NC1CC1. The number of imidazole rings is 1. The quantitative estimate of drug-likeness (QED) is 0.740. The highest BCUT2D eigenvalue weighted by molar-refractivity contribution is 4.94. The Kier molecular flexibility index (Phi) is 4.40. The van der Waals surface area contributed by atoms with Gasteiger partial charge in [-0.15, -0.1) is 0 Å². The van der Waals surface area contributed by atoms with Crippen molar-refractivity contribution in [1.29, 1.82) is 0 Å². The highest BCUT2D eigenvalue weighted by Gasteiger charge is 2.31. The summed E-state index contributed by atoms with van der Waals surface area (Å²) in [4.78, 5) is 4.33. The molecule has 1 fully saturated rings. The van der Waals surface area contributed by atoms with Crippen LogP contribution in [0, 0.1) is 0 Å². The third-order valence-electron chi connectivity index (χ3n) is 3.72. The molecule has 4 heteroatoms. The number of aryl methyl sites for hydroxylation is 2. The van der Waals surface area contributed by atoms with Crippen LogP contribution in [-0.4, -0.2) is 32.8 Å². The summed E-state index contributed by atoms with van der Waals surface area (Å²) >= 11 is 0. The van der Waals surface area contributed by atoms with E-state index in [0.717, 1.165) is 31.6 Å². The molecule has 1 aromatic heterocycles. The molecule has 0 aromatic carbocycles. The van der Waals surface area contributed by atoms with Crippen LogP contribution in [-0.2, 0) is 13.0 Å². The summed E-state index contributed by atoms with van der Waals surface area (Å²) in [7, 11) is 0. The van der Waals surface area contributed by atoms with Gasteiger partial charge < -0.3 is 15.0 Å². The number of aliphatic hydroxyl groups excluding tert-OH is 1. The lowest BCUT2D eigenvalue weighted by molar-refractivity contribution is 0.160. The standard InChI is InChI=1S/C14H25N3O/c1-3-13-15-8-10-17(13)9-4-7-14(2,11-18)16-12-5-6-12/h8,10,12,16,18H,3-7,9,11H2,1-2H3. The topological polar surface area (TPSA) is 50.1 Å². The van der Waals surface area contributed by atoms with E-state index in [-0.39, 0.29) is 12.1 Å². The van der Waals surface area contributed by atoms with Gasteiger partial charge in [0.15, 0.2) is 0 Å². The van der Waals surface area contributed by atoms with E-state index in [1.54, 1.807) is 0 Å². The number of aromatic nitrogens is 2. The fourth-order valence-corrected chi connectivity index (χ4v) is 2.41. The number of nitrogens with zero attached hydrogens (tertiary/aromatic N) is 2. The first-order valence-electron chi connectivity index (χ1n) is 7.05. The van der Waals surface area contributed by atoms with Crippen molar-refractivity contribution in [2.75, 3.05) is 6.61 Å². The van der Waals surface area contributed by atoms with E-state index >= 15 is 0 Å². The van der Waals surface area contributed by atoms with Gasteiger partial charge in [-0.2, -0.15) is 0 Å². The van der Waals surface area contributed by atoms with E-state index in [1.807, 2.05) is 12.4 Å². The van der Waals surface area contributed by atoms with Crippen LogP contribution in [0.1, 0.15) is 45.4 Å². The van der Waals surface area contributed by atoms with Gasteiger partial charge in [-0.05, 0) is 32.6 Å². The molecule has 0 amide bonds. The van der Waals surface area contributed by atoms with Crippen LogP contribution in [0.15, 0.2) is 12.4 Å². The average Bonchev–Trinajstić information content (AvgIpc) is 3.05. The molecule has 1 aliphatic carbocycles. The highest BCUT2D eigenvalue weighted by atomic mass is 16.3. The fraction of sp³-hybridized carbons (Fsp3) is 0.786. The van der Waals surface area contributed by atoms with Gasteiger partial charge in [0.25, 0.3) is 0 Å². The summed E-state index contributed by atoms with van der Waals surface area (Å²) in [5, 5.41) is 13.1. The lowest BCUT2D eigenvalue weighted by atomic mass is 9.96. The van der Waals surface area contributed by atoms with Gasteiger partial charge >= 0.3 is 0 Å². The lowest BCUT2D eigenvalue weighted by Gasteiger charge is -2.29. The Labute approximate surface area is 109 Å². The number of hydrogen-bond donors (Lipinski definition) is 2. The zero-order valence-electron chi connectivity index (χ0n) is 11.5. The van der Waals surface area contributed by atoms with Gasteiger partial charge in [0, 0.05) is 36.9 Å². The Morgan fingerprint density at radius 3 is 2.94 bits per heavy atom. The highest BCUT2D eigenvalue weighted by Crippen LogP contribution is 2.24. The number of nitrogens with one attached hydrogen (secondary N) is 1. The minimum Gasteiger partial charge on any atom is -0.394 e. The van der Waals surface area contributed by atoms with E-state index < -0.39 is 0 Å². The Hall–Kier alpha value is -0.870. The molecule has 1 unspecified atom stereocenters. The predicted molar refractivity (Wildman–Crippen MR) is 72.5 cm³/mol. The number of hydrogen-bond acceptors (Lipinski definition) is 3. The molecule has 1 aliphatic rings. The molecule has 0 saturated heterocycles. The van der Waals surface area contributed by atoms with Crippen LogP contribution >= 0.6 is 0 Å². The van der Waals surface area contributed by atoms with Gasteiger partial charge in [0.05, 0.1) is 6.61 Å². The van der Waals surface area contributed by atoms with Crippen LogP contribution in [0.5, 0.6) is 0 Å². The molecule has 1 atom stereocenters. The molecule has 0 spiro atoms. The van der Waals surface area contributed by atoms with Gasteiger partial charge in [0.1, 0.15) is 5.82 Å². The lowest BCUT2D eigenvalue weighted by Crippen LogP contribution is -2.47. The maximum atomic E-state index is 9.54. The predicted octanol–water partition coefficient (Wildman–Crippen LogP) is 1.73.